The lowest BCUT2D eigenvalue weighted by Gasteiger charge is -2.03. The first-order valence-corrected chi connectivity index (χ1v) is 8.21. The van der Waals surface area contributed by atoms with Crippen molar-refractivity contribution in [3.05, 3.63) is 59.3 Å². The summed E-state index contributed by atoms with van der Waals surface area (Å²) in [5.41, 5.74) is 3.39. The summed E-state index contributed by atoms with van der Waals surface area (Å²) in [5, 5.41) is 8.37. The van der Waals surface area contributed by atoms with E-state index >= 15 is 0 Å². The molecule has 0 radical (unpaired) electrons. The van der Waals surface area contributed by atoms with Crippen LogP contribution in [0.3, 0.4) is 0 Å². The number of rotatable bonds is 3. The van der Waals surface area contributed by atoms with Gasteiger partial charge >= 0.3 is 0 Å². The maximum Gasteiger partial charge on any atom is 0.273 e. The van der Waals surface area contributed by atoms with Crippen molar-refractivity contribution in [2.75, 3.05) is 0 Å². The van der Waals surface area contributed by atoms with Gasteiger partial charge in [-0.2, -0.15) is 5.10 Å². The molecule has 5 aromatic rings. The zero-order chi connectivity index (χ0) is 17.7. The molecule has 0 unspecified atom stereocenters. The Balaban J connectivity index is 1.68. The maximum absolute atomic E-state index is 12.5. The second kappa shape index (κ2) is 5.41. The van der Waals surface area contributed by atoms with Gasteiger partial charge in [-0.3, -0.25) is 14.6 Å². The molecule has 0 fully saturated rings. The third kappa shape index (κ3) is 2.16. The molecule has 128 valence electrons. The molecule has 0 aliphatic carbocycles. The number of aromatic amines is 1. The average molecular weight is 346 g/mol. The van der Waals surface area contributed by atoms with Crippen LogP contribution in [-0.4, -0.2) is 29.4 Å². The number of aromatic nitrogens is 6. The van der Waals surface area contributed by atoms with Crippen molar-refractivity contribution < 1.29 is 4.42 Å². The van der Waals surface area contributed by atoms with Crippen LogP contribution >= 0.6 is 0 Å². The first-order valence-electron chi connectivity index (χ1n) is 8.21. The second-order valence-corrected chi connectivity index (χ2v) is 5.91. The third-order valence-electron chi connectivity index (χ3n) is 4.35. The Hall–Kier alpha value is -3.68. The number of aryl methyl sites for hydroxylation is 1. The van der Waals surface area contributed by atoms with Crippen LogP contribution in [0, 0.1) is 0 Å². The summed E-state index contributed by atoms with van der Waals surface area (Å²) in [4.78, 5) is 21.2. The van der Waals surface area contributed by atoms with Gasteiger partial charge in [0, 0.05) is 29.6 Å². The van der Waals surface area contributed by atoms with Gasteiger partial charge in [0.15, 0.2) is 5.65 Å². The first kappa shape index (κ1) is 14.6. The van der Waals surface area contributed by atoms with E-state index in [9.17, 15) is 4.79 Å². The van der Waals surface area contributed by atoms with Crippen molar-refractivity contribution in [3.8, 4) is 22.8 Å². The van der Waals surface area contributed by atoms with Gasteiger partial charge in [0.05, 0.1) is 23.6 Å². The maximum atomic E-state index is 12.5. The number of nitrogens with one attached hydrogen (secondary N) is 1. The van der Waals surface area contributed by atoms with Gasteiger partial charge in [0.25, 0.3) is 5.56 Å². The molecule has 0 amide bonds. The summed E-state index contributed by atoms with van der Waals surface area (Å²) >= 11 is 0. The minimum Gasteiger partial charge on any atom is -0.443 e. The van der Waals surface area contributed by atoms with Crippen LogP contribution in [0.2, 0.25) is 0 Å². The van der Waals surface area contributed by atoms with Gasteiger partial charge in [-0.15, -0.1) is 0 Å². The van der Waals surface area contributed by atoms with E-state index < -0.39 is 0 Å². The standard InChI is InChI=1S/C18H14N6O2/c1-2-23-15-7-11(3-4-12(15)10-20-23)13-9-17(25)24-16(21-13)8-14(22-24)18-19-5-6-26-18/h3-10,22H,2H2,1H3. The Bertz CT molecular complexity index is 1290. The van der Waals surface area contributed by atoms with E-state index in [4.69, 9.17) is 4.42 Å². The quantitative estimate of drug-likeness (QED) is 0.542. The number of oxazole rings is 1. The minimum atomic E-state index is -0.202. The summed E-state index contributed by atoms with van der Waals surface area (Å²) < 4.78 is 8.56. The second-order valence-electron chi connectivity index (χ2n) is 5.91. The van der Waals surface area contributed by atoms with Crippen LogP contribution in [0.4, 0.5) is 0 Å². The number of hydrogen-bond donors (Lipinski definition) is 1. The van der Waals surface area contributed by atoms with E-state index in [2.05, 4.69) is 20.2 Å². The fraction of sp³-hybridized carbons (Fsp3) is 0.111. The molecule has 0 aliphatic heterocycles. The lowest BCUT2D eigenvalue weighted by molar-refractivity contribution is 0.571. The summed E-state index contributed by atoms with van der Waals surface area (Å²) in [5.74, 6) is 0.407. The van der Waals surface area contributed by atoms with Crippen LogP contribution in [0.1, 0.15) is 6.92 Å². The molecule has 8 heteroatoms. The van der Waals surface area contributed by atoms with E-state index in [0.29, 0.717) is 22.9 Å². The zero-order valence-corrected chi connectivity index (χ0v) is 13.9. The molecule has 1 N–H and O–H groups in total. The highest BCUT2D eigenvalue weighted by Gasteiger charge is 2.12. The van der Waals surface area contributed by atoms with E-state index in [-0.39, 0.29) is 5.56 Å². The fourth-order valence-electron chi connectivity index (χ4n) is 3.09. The van der Waals surface area contributed by atoms with Crippen molar-refractivity contribution >= 4 is 16.6 Å². The highest BCUT2D eigenvalue weighted by Crippen LogP contribution is 2.23. The third-order valence-corrected chi connectivity index (χ3v) is 4.35. The molecule has 8 nitrogen and oxygen atoms in total. The van der Waals surface area contributed by atoms with Crippen molar-refractivity contribution in [2.45, 2.75) is 13.5 Å². The zero-order valence-electron chi connectivity index (χ0n) is 13.9. The van der Waals surface area contributed by atoms with Gasteiger partial charge in [-0.1, -0.05) is 12.1 Å². The van der Waals surface area contributed by atoms with Crippen molar-refractivity contribution in [1.82, 2.24) is 29.4 Å². The van der Waals surface area contributed by atoms with E-state index in [1.165, 1.54) is 16.8 Å². The number of H-pyrrole nitrogens is 1. The molecular weight excluding hydrogens is 332 g/mol. The summed E-state index contributed by atoms with van der Waals surface area (Å²) in [6.07, 6.45) is 4.87. The average Bonchev–Trinajstić information content (AvgIpc) is 3.39. The predicted octanol–water partition coefficient (Wildman–Crippen LogP) is 2.71. The molecule has 4 aromatic heterocycles. The lowest BCUT2D eigenvalue weighted by atomic mass is 10.1. The molecule has 0 aliphatic rings. The Morgan fingerprint density at radius 2 is 2.15 bits per heavy atom. The highest BCUT2D eigenvalue weighted by molar-refractivity contribution is 5.84. The lowest BCUT2D eigenvalue weighted by Crippen LogP contribution is -2.14. The number of nitrogens with zero attached hydrogens (tertiary/aromatic N) is 5. The monoisotopic (exact) mass is 346 g/mol. The van der Waals surface area contributed by atoms with Crippen LogP contribution in [0.15, 0.2) is 58.2 Å². The number of fused-ring (bicyclic) bond motifs is 2. The van der Waals surface area contributed by atoms with Crippen LogP contribution in [0.5, 0.6) is 0 Å². The Labute approximate surface area is 146 Å². The minimum absolute atomic E-state index is 0.202. The number of hydrogen-bond acceptors (Lipinski definition) is 5. The normalized spacial score (nSPS) is 11.6. The molecule has 26 heavy (non-hydrogen) atoms. The summed E-state index contributed by atoms with van der Waals surface area (Å²) in [6.45, 7) is 2.82. The summed E-state index contributed by atoms with van der Waals surface area (Å²) in [6, 6.07) is 9.19. The molecule has 0 saturated heterocycles. The molecule has 0 spiro atoms. The molecule has 4 heterocycles. The SMILES string of the molecule is CCn1ncc2ccc(-c3cc(=O)n4[nH]c(-c5ncco5)cc4n3)cc21. The van der Waals surface area contributed by atoms with E-state index in [1.54, 1.807) is 12.3 Å². The van der Waals surface area contributed by atoms with Gasteiger partial charge in [-0.05, 0) is 13.0 Å². The molecule has 0 bridgehead atoms. The topological polar surface area (TPSA) is 94.0 Å². The molecule has 0 saturated carbocycles. The molecule has 1 aromatic carbocycles. The summed E-state index contributed by atoms with van der Waals surface area (Å²) in [7, 11) is 0. The van der Waals surface area contributed by atoms with Gasteiger partial charge in [-0.25, -0.2) is 14.5 Å². The molecular formula is C18H14N6O2. The predicted molar refractivity (Wildman–Crippen MR) is 95.7 cm³/mol. The van der Waals surface area contributed by atoms with E-state index in [0.717, 1.165) is 23.0 Å². The Kier molecular flexibility index (Phi) is 3.05. The van der Waals surface area contributed by atoms with Crippen LogP contribution < -0.4 is 5.56 Å². The first-order chi connectivity index (χ1) is 12.7. The van der Waals surface area contributed by atoms with Gasteiger partial charge in [0.2, 0.25) is 5.89 Å². The van der Waals surface area contributed by atoms with Crippen molar-refractivity contribution in [3.63, 3.8) is 0 Å². The van der Waals surface area contributed by atoms with Crippen LogP contribution in [-0.2, 0) is 6.54 Å². The fourth-order valence-corrected chi connectivity index (χ4v) is 3.09. The highest BCUT2D eigenvalue weighted by atomic mass is 16.3. The van der Waals surface area contributed by atoms with E-state index in [1.807, 2.05) is 36.0 Å². The Morgan fingerprint density at radius 3 is 2.96 bits per heavy atom. The van der Waals surface area contributed by atoms with Crippen molar-refractivity contribution in [1.29, 1.82) is 0 Å². The smallest absolute Gasteiger partial charge is 0.273 e. The largest absolute Gasteiger partial charge is 0.443 e. The van der Waals surface area contributed by atoms with Crippen LogP contribution in [0.25, 0.3) is 39.4 Å². The van der Waals surface area contributed by atoms with Gasteiger partial charge < -0.3 is 4.42 Å². The number of benzene rings is 1. The van der Waals surface area contributed by atoms with Gasteiger partial charge in [0.1, 0.15) is 12.0 Å². The molecule has 0 atom stereocenters. The Morgan fingerprint density at radius 1 is 1.23 bits per heavy atom. The van der Waals surface area contributed by atoms with Crippen molar-refractivity contribution in [2.24, 2.45) is 0 Å². The molecule has 5 rings (SSSR count).